The summed E-state index contributed by atoms with van der Waals surface area (Å²) in [6.45, 7) is 0.359. The third-order valence-electron chi connectivity index (χ3n) is 2.59. The van der Waals surface area contributed by atoms with E-state index in [-0.39, 0.29) is 5.76 Å². The molecule has 0 bridgehead atoms. The summed E-state index contributed by atoms with van der Waals surface area (Å²) in [7, 11) is 0. The van der Waals surface area contributed by atoms with E-state index in [4.69, 9.17) is 14.6 Å². The fourth-order valence-corrected chi connectivity index (χ4v) is 1.70. The van der Waals surface area contributed by atoms with E-state index < -0.39 is 6.29 Å². The number of imidazole rings is 1. The molecule has 0 aromatic carbocycles. The van der Waals surface area contributed by atoms with Crippen LogP contribution in [-0.4, -0.2) is 30.1 Å². The van der Waals surface area contributed by atoms with Crippen LogP contribution in [0.25, 0.3) is 11.2 Å². The molecule has 3 heterocycles. The Bertz CT molecular complexity index is 690. The first-order chi connectivity index (χ1) is 9.24. The van der Waals surface area contributed by atoms with E-state index in [2.05, 4.69) is 25.3 Å². The number of aromatic amines is 1. The Kier molecular flexibility index (Phi) is 2.86. The van der Waals surface area contributed by atoms with E-state index in [9.17, 15) is 0 Å². The highest BCUT2D eigenvalue weighted by Gasteiger charge is 2.10. The maximum absolute atomic E-state index is 8.94. The summed E-state index contributed by atoms with van der Waals surface area (Å²) in [6, 6.07) is 3.17. The Morgan fingerprint density at radius 3 is 2.95 bits per heavy atom. The van der Waals surface area contributed by atoms with Gasteiger partial charge in [-0.1, -0.05) is 0 Å². The van der Waals surface area contributed by atoms with Crippen LogP contribution in [0.3, 0.4) is 0 Å². The molecule has 0 aliphatic heterocycles. The average Bonchev–Trinajstić information content (AvgIpc) is 3.05. The van der Waals surface area contributed by atoms with Crippen LogP contribution in [0, 0.1) is 0 Å². The number of hydrogen-bond acceptors (Lipinski definition) is 7. The number of furan rings is 1. The number of fused-ring (bicyclic) bond motifs is 1. The predicted octanol–water partition coefficient (Wildman–Crippen LogP) is 0.541. The summed E-state index contributed by atoms with van der Waals surface area (Å²) in [5.41, 5.74) is 1.28. The lowest BCUT2D eigenvalue weighted by Gasteiger charge is -2.04. The molecule has 0 atom stereocenters. The molecule has 0 saturated carbocycles. The Morgan fingerprint density at radius 2 is 2.16 bits per heavy atom. The van der Waals surface area contributed by atoms with Gasteiger partial charge in [-0.15, -0.1) is 0 Å². The molecular formula is C11H11N5O3. The van der Waals surface area contributed by atoms with Crippen LogP contribution >= 0.6 is 0 Å². The molecule has 0 aliphatic carbocycles. The molecule has 0 amide bonds. The van der Waals surface area contributed by atoms with Crippen molar-refractivity contribution in [1.82, 2.24) is 19.9 Å². The molecule has 0 radical (unpaired) electrons. The molecule has 0 unspecified atom stereocenters. The van der Waals surface area contributed by atoms with Gasteiger partial charge >= 0.3 is 0 Å². The summed E-state index contributed by atoms with van der Waals surface area (Å²) in [6.07, 6.45) is 1.35. The normalized spacial score (nSPS) is 11.3. The zero-order valence-corrected chi connectivity index (χ0v) is 9.74. The van der Waals surface area contributed by atoms with Gasteiger partial charge in [0.1, 0.15) is 17.6 Å². The number of aliphatic hydroxyl groups is 2. The zero-order chi connectivity index (χ0) is 13.2. The summed E-state index contributed by atoms with van der Waals surface area (Å²) >= 11 is 0. The van der Waals surface area contributed by atoms with Gasteiger partial charge in [0.05, 0.1) is 12.9 Å². The molecule has 3 aromatic rings. The van der Waals surface area contributed by atoms with Crippen molar-refractivity contribution in [3.63, 3.8) is 0 Å². The molecule has 4 N–H and O–H groups in total. The zero-order valence-electron chi connectivity index (χ0n) is 9.74. The molecule has 0 saturated heterocycles. The Labute approximate surface area is 107 Å². The first-order valence-corrected chi connectivity index (χ1v) is 5.57. The van der Waals surface area contributed by atoms with Crippen LogP contribution in [0.1, 0.15) is 17.8 Å². The lowest BCUT2D eigenvalue weighted by Crippen LogP contribution is -2.01. The molecule has 98 valence electrons. The largest absolute Gasteiger partial charge is 0.459 e. The van der Waals surface area contributed by atoms with Crippen LogP contribution < -0.4 is 5.32 Å². The van der Waals surface area contributed by atoms with E-state index >= 15 is 0 Å². The number of rotatable bonds is 4. The second-order valence-electron chi connectivity index (χ2n) is 3.85. The average molecular weight is 261 g/mol. The van der Waals surface area contributed by atoms with Gasteiger partial charge in [0, 0.05) is 0 Å². The van der Waals surface area contributed by atoms with Crippen LogP contribution in [0.4, 0.5) is 5.82 Å². The van der Waals surface area contributed by atoms with Crippen molar-refractivity contribution < 1.29 is 14.6 Å². The minimum Gasteiger partial charge on any atom is -0.459 e. The monoisotopic (exact) mass is 261 g/mol. The molecule has 0 fully saturated rings. The fraction of sp³-hybridized carbons (Fsp3) is 0.182. The first-order valence-electron chi connectivity index (χ1n) is 5.57. The molecule has 8 nitrogen and oxygen atoms in total. The molecule has 19 heavy (non-hydrogen) atoms. The van der Waals surface area contributed by atoms with Gasteiger partial charge in [-0.05, 0) is 12.1 Å². The van der Waals surface area contributed by atoms with Gasteiger partial charge in [0.25, 0.3) is 0 Å². The number of H-pyrrole nitrogens is 1. The van der Waals surface area contributed by atoms with Crippen molar-refractivity contribution in [3.8, 4) is 0 Å². The van der Waals surface area contributed by atoms with Crippen LogP contribution in [0.15, 0.2) is 29.2 Å². The van der Waals surface area contributed by atoms with Gasteiger partial charge in [0.15, 0.2) is 17.2 Å². The van der Waals surface area contributed by atoms with E-state index in [0.29, 0.717) is 29.3 Å². The smallest absolute Gasteiger partial charge is 0.212 e. The molecular weight excluding hydrogens is 250 g/mol. The maximum atomic E-state index is 8.94. The van der Waals surface area contributed by atoms with Gasteiger partial charge in [-0.25, -0.2) is 15.0 Å². The van der Waals surface area contributed by atoms with E-state index in [1.165, 1.54) is 18.7 Å². The van der Waals surface area contributed by atoms with E-state index in [0.717, 1.165) is 0 Å². The predicted molar refractivity (Wildman–Crippen MR) is 64.9 cm³/mol. The minimum atomic E-state index is -1.60. The topological polar surface area (TPSA) is 120 Å². The Morgan fingerprint density at radius 1 is 1.26 bits per heavy atom. The van der Waals surface area contributed by atoms with Crippen molar-refractivity contribution in [3.05, 3.63) is 36.3 Å². The summed E-state index contributed by atoms with van der Waals surface area (Å²) in [5.74, 6) is 1.27. The second-order valence-corrected chi connectivity index (χ2v) is 3.85. The van der Waals surface area contributed by atoms with Crippen molar-refractivity contribution in [2.24, 2.45) is 0 Å². The van der Waals surface area contributed by atoms with Crippen LogP contribution in [0.5, 0.6) is 0 Å². The van der Waals surface area contributed by atoms with Crippen molar-refractivity contribution in [1.29, 1.82) is 0 Å². The highest BCUT2D eigenvalue weighted by atomic mass is 16.5. The fourth-order valence-electron chi connectivity index (χ4n) is 1.70. The Balaban J connectivity index is 1.76. The van der Waals surface area contributed by atoms with Crippen molar-refractivity contribution in [2.45, 2.75) is 12.8 Å². The van der Waals surface area contributed by atoms with Gasteiger partial charge in [-0.3, -0.25) is 0 Å². The van der Waals surface area contributed by atoms with Crippen LogP contribution in [0.2, 0.25) is 0 Å². The van der Waals surface area contributed by atoms with Crippen LogP contribution in [-0.2, 0) is 6.54 Å². The molecule has 0 spiro atoms. The standard InChI is InChI=1S/C11H11N5O3/c17-11(18)7-2-1-6(19-7)3-12-9-8-10(14-4-13-8)16-5-15-9/h1-2,4-5,11,17-18H,3H2,(H2,12,13,14,15,16). The third-order valence-corrected chi connectivity index (χ3v) is 2.59. The lowest BCUT2D eigenvalue weighted by molar-refractivity contribution is -0.0585. The highest BCUT2D eigenvalue weighted by Crippen LogP contribution is 2.18. The molecule has 0 aliphatic rings. The van der Waals surface area contributed by atoms with Gasteiger partial charge in [0.2, 0.25) is 6.29 Å². The van der Waals surface area contributed by atoms with Gasteiger partial charge in [-0.2, -0.15) is 0 Å². The second kappa shape index (κ2) is 4.67. The number of nitrogens with zero attached hydrogens (tertiary/aromatic N) is 3. The quantitative estimate of drug-likeness (QED) is 0.506. The number of aromatic nitrogens is 4. The van der Waals surface area contributed by atoms with E-state index in [1.807, 2.05) is 0 Å². The third kappa shape index (κ3) is 2.26. The minimum absolute atomic E-state index is 0.103. The van der Waals surface area contributed by atoms with Crippen molar-refractivity contribution >= 4 is 17.0 Å². The number of aliphatic hydroxyl groups excluding tert-OH is 1. The van der Waals surface area contributed by atoms with E-state index in [1.54, 1.807) is 6.07 Å². The first kappa shape index (κ1) is 11.6. The number of nitrogens with one attached hydrogen (secondary N) is 2. The molecule has 3 aromatic heterocycles. The summed E-state index contributed by atoms with van der Waals surface area (Å²) < 4.78 is 5.23. The molecule has 3 rings (SSSR count). The number of hydrogen-bond donors (Lipinski definition) is 4. The van der Waals surface area contributed by atoms with Crippen molar-refractivity contribution in [2.75, 3.05) is 5.32 Å². The maximum Gasteiger partial charge on any atom is 0.212 e. The van der Waals surface area contributed by atoms with Gasteiger partial charge < -0.3 is 24.9 Å². The lowest BCUT2D eigenvalue weighted by atomic mass is 10.4. The summed E-state index contributed by atoms with van der Waals surface area (Å²) in [5, 5.41) is 20.9. The highest BCUT2D eigenvalue weighted by molar-refractivity contribution is 5.81. The SMILES string of the molecule is OC(O)c1ccc(CNc2ncnc3nc[nH]c23)o1. The number of anilines is 1. The Hall–Kier alpha value is -2.45. The summed E-state index contributed by atoms with van der Waals surface area (Å²) in [4.78, 5) is 15.1. The molecule has 8 heteroatoms.